The highest BCUT2D eigenvalue weighted by Crippen LogP contribution is 2.24. The maximum Gasteiger partial charge on any atom is 0.256 e. The number of piperidine rings is 1. The second-order valence-electron chi connectivity index (χ2n) is 9.05. The molecule has 1 amide bonds. The lowest BCUT2D eigenvalue weighted by Crippen LogP contribution is -2.44. The molecule has 29 heavy (non-hydrogen) atoms. The SMILES string of the molecule is CCCO[C@@](C)(CC(C)C)C(=O)Nc1ccc(OCCN2CCC[C@@H](C)C2)cc1. The van der Waals surface area contributed by atoms with E-state index in [9.17, 15) is 4.79 Å². The Labute approximate surface area is 177 Å². The number of rotatable bonds is 11. The lowest BCUT2D eigenvalue weighted by molar-refractivity contribution is -0.141. The zero-order valence-corrected chi connectivity index (χ0v) is 19.0. The molecule has 0 bridgehead atoms. The molecular formula is C24H40N2O3. The second-order valence-corrected chi connectivity index (χ2v) is 9.05. The molecule has 0 unspecified atom stereocenters. The van der Waals surface area contributed by atoms with Crippen LogP contribution in [0.2, 0.25) is 0 Å². The number of amides is 1. The van der Waals surface area contributed by atoms with E-state index >= 15 is 0 Å². The summed E-state index contributed by atoms with van der Waals surface area (Å²) in [6.45, 7) is 15.1. The molecule has 5 heteroatoms. The molecule has 164 valence electrons. The van der Waals surface area contributed by atoms with Crippen LogP contribution in [0.25, 0.3) is 0 Å². The van der Waals surface area contributed by atoms with Crippen LogP contribution in [0.3, 0.4) is 0 Å². The van der Waals surface area contributed by atoms with Crippen LogP contribution in [0.1, 0.15) is 60.3 Å². The summed E-state index contributed by atoms with van der Waals surface area (Å²) in [7, 11) is 0. The normalized spacial score (nSPS) is 19.7. The fourth-order valence-corrected chi connectivity index (χ4v) is 4.00. The van der Waals surface area contributed by atoms with Crippen molar-refractivity contribution >= 4 is 11.6 Å². The zero-order chi connectivity index (χ0) is 21.3. The first-order valence-corrected chi connectivity index (χ1v) is 11.2. The van der Waals surface area contributed by atoms with Crippen LogP contribution in [-0.2, 0) is 9.53 Å². The van der Waals surface area contributed by atoms with Crippen molar-refractivity contribution < 1.29 is 14.3 Å². The quantitative estimate of drug-likeness (QED) is 0.566. The van der Waals surface area contributed by atoms with E-state index < -0.39 is 5.60 Å². The van der Waals surface area contributed by atoms with Crippen molar-refractivity contribution in [1.29, 1.82) is 0 Å². The van der Waals surface area contributed by atoms with Gasteiger partial charge in [-0.15, -0.1) is 0 Å². The maximum absolute atomic E-state index is 12.9. The lowest BCUT2D eigenvalue weighted by Gasteiger charge is -2.30. The van der Waals surface area contributed by atoms with Gasteiger partial charge in [0.15, 0.2) is 0 Å². The van der Waals surface area contributed by atoms with Gasteiger partial charge in [0.1, 0.15) is 18.0 Å². The minimum atomic E-state index is -0.815. The molecule has 1 aromatic rings. The smallest absolute Gasteiger partial charge is 0.256 e. The van der Waals surface area contributed by atoms with Gasteiger partial charge < -0.3 is 14.8 Å². The van der Waals surface area contributed by atoms with Crippen LogP contribution in [0.15, 0.2) is 24.3 Å². The summed E-state index contributed by atoms with van der Waals surface area (Å²) in [5.41, 5.74) is -0.0486. The van der Waals surface area contributed by atoms with Gasteiger partial charge in [-0.2, -0.15) is 0 Å². The minimum absolute atomic E-state index is 0.0902. The first-order chi connectivity index (χ1) is 13.8. The summed E-state index contributed by atoms with van der Waals surface area (Å²) in [4.78, 5) is 15.3. The summed E-state index contributed by atoms with van der Waals surface area (Å²) in [5, 5.41) is 3.01. The Morgan fingerprint density at radius 1 is 1.28 bits per heavy atom. The summed E-state index contributed by atoms with van der Waals surface area (Å²) < 4.78 is 11.8. The monoisotopic (exact) mass is 404 g/mol. The maximum atomic E-state index is 12.9. The van der Waals surface area contributed by atoms with Gasteiger partial charge in [0.25, 0.3) is 5.91 Å². The topological polar surface area (TPSA) is 50.8 Å². The first-order valence-electron chi connectivity index (χ1n) is 11.2. The average molecular weight is 405 g/mol. The van der Waals surface area contributed by atoms with Crippen molar-refractivity contribution in [2.75, 3.05) is 38.2 Å². The molecular weight excluding hydrogens is 364 g/mol. The van der Waals surface area contributed by atoms with Gasteiger partial charge in [-0.05, 0) is 75.3 Å². The van der Waals surface area contributed by atoms with E-state index in [4.69, 9.17) is 9.47 Å². The van der Waals surface area contributed by atoms with E-state index in [0.717, 1.165) is 30.3 Å². The minimum Gasteiger partial charge on any atom is -0.492 e. The van der Waals surface area contributed by atoms with Gasteiger partial charge in [0, 0.05) is 25.4 Å². The summed E-state index contributed by atoms with van der Waals surface area (Å²) in [6, 6.07) is 7.62. The van der Waals surface area contributed by atoms with Crippen molar-refractivity contribution in [3.05, 3.63) is 24.3 Å². The number of carbonyl (C=O) groups is 1. The highest BCUT2D eigenvalue weighted by molar-refractivity contribution is 5.97. The van der Waals surface area contributed by atoms with Crippen molar-refractivity contribution in [1.82, 2.24) is 4.90 Å². The van der Waals surface area contributed by atoms with Crippen LogP contribution in [0.5, 0.6) is 5.75 Å². The van der Waals surface area contributed by atoms with E-state index in [1.807, 2.05) is 31.2 Å². The molecule has 0 aromatic heterocycles. The van der Waals surface area contributed by atoms with E-state index in [2.05, 4.69) is 37.9 Å². The Morgan fingerprint density at radius 3 is 2.62 bits per heavy atom. The summed E-state index contributed by atoms with van der Waals surface area (Å²) >= 11 is 0. The van der Waals surface area contributed by atoms with E-state index in [-0.39, 0.29) is 5.91 Å². The lowest BCUT2D eigenvalue weighted by atomic mass is 9.93. The number of ether oxygens (including phenoxy) is 2. The highest BCUT2D eigenvalue weighted by Gasteiger charge is 2.34. The van der Waals surface area contributed by atoms with Gasteiger partial charge >= 0.3 is 0 Å². The number of hydrogen-bond acceptors (Lipinski definition) is 4. The highest BCUT2D eigenvalue weighted by atomic mass is 16.5. The van der Waals surface area contributed by atoms with Gasteiger partial charge in [-0.1, -0.05) is 27.7 Å². The van der Waals surface area contributed by atoms with E-state index in [1.54, 1.807) is 0 Å². The molecule has 1 fully saturated rings. The Kier molecular flexibility index (Phi) is 9.44. The Bertz CT molecular complexity index is 617. The van der Waals surface area contributed by atoms with Gasteiger partial charge in [0.05, 0.1) is 0 Å². The molecule has 0 spiro atoms. The average Bonchev–Trinajstić information content (AvgIpc) is 2.67. The van der Waals surface area contributed by atoms with Crippen molar-refractivity contribution in [3.63, 3.8) is 0 Å². The Hall–Kier alpha value is -1.59. The molecule has 0 radical (unpaired) electrons. The summed E-state index contributed by atoms with van der Waals surface area (Å²) in [6.07, 6.45) is 4.20. The molecule has 1 aliphatic rings. The number of nitrogens with zero attached hydrogens (tertiary/aromatic N) is 1. The predicted molar refractivity (Wildman–Crippen MR) is 120 cm³/mol. The standard InChI is InChI=1S/C24H40N2O3/c1-6-15-29-24(5,17-19(2)3)23(27)25-21-9-11-22(12-10-21)28-16-14-26-13-7-8-20(4)18-26/h9-12,19-20H,6-8,13-18H2,1-5H3,(H,25,27)/t20-,24+/m1/s1. The first kappa shape index (κ1) is 23.7. The number of carbonyl (C=O) groups excluding carboxylic acids is 1. The number of nitrogens with one attached hydrogen (secondary N) is 1. The molecule has 2 rings (SSSR count). The van der Waals surface area contributed by atoms with Crippen molar-refractivity contribution in [2.45, 2.75) is 65.9 Å². The third-order valence-corrected chi connectivity index (χ3v) is 5.43. The summed E-state index contributed by atoms with van der Waals surface area (Å²) in [5.74, 6) is 1.91. The van der Waals surface area contributed by atoms with Crippen molar-refractivity contribution in [2.24, 2.45) is 11.8 Å². The Morgan fingerprint density at radius 2 is 2.00 bits per heavy atom. The molecule has 0 saturated carbocycles. The number of likely N-dealkylation sites (tertiary alicyclic amines) is 1. The molecule has 1 aliphatic heterocycles. The van der Waals surface area contributed by atoms with Gasteiger partial charge in [0.2, 0.25) is 0 Å². The fourth-order valence-electron chi connectivity index (χ4n) is 4.00. The van der Waals surface area contributed by atoms with E-state index in [1.165, 1.54) is 25.9 Å². The molecule has 2 atom stereocenters. The third kappa shape index (κ3) is 7.98. The van der Waals surface area contributed by atoms with E-state index in [0.29, 0.717) is 25.6 Å². The van der Waals surface area contributed by atoms with Crippen LogP contribution < -0.4 is 10.1 Å². The fraction of sp³-hybridized carbons (Fsp3) is 0.708. The molecule has 1 N–H and O–H groups in total. The van der Waals surface area contributed by atoms with Gasteiger partial charge in [-0.3, -0.25) is 9.69 Å². The van der Waals surface area contributed by atoms with Crippen LogP contribution >= 0.6 is 0 Å². The number of benzene rings is 1. The molecule has 1 heterocycles. The number of anilines is 1. The van der Waals surface area contributed by atoms with Crippen molar-refractivity contribution in [3.8, 4) is 5.75 Å². The Balaban J connectivity index is 1.84. The molecule has 1 saturated heterocycles. The molecule has 1 aromatic carbocycles. The van der Waals surface area contributed by atoms with Crippen LogP contribution in [-0.4, -0.2) is 49.3 Å². The van der Waals surface area contributed by atoms with Crippen LogP contribution in [0.4, 0.5) is 5.69 Å². The largest absolute Gasteiger partial charge is 0.492 e. The number of hydrogen-bond donors (Lipinski definition) is 1. The predicted octanol–water partition coefficient (Wildman–Crippen LogP) is 4.97. The zero-order valence-electron chi connectivity index (χ0n) is 19.0. The van der Waals surface area contributed by atoms with Crippen LogP contribution in [0, 0.1) is 11.8 Å². The molecule has 5 nitrogen and oxygen atoms in total. The molecule has 0 aliphatic carbocycles. The second kappa shape index (κ2) is 11.6. The third-order valence-electron chi connectivity index (χ3n) is 5.43. The van der Waals surface area contributed by atoms with Gasteiger partial charge in [-0.25, -0.2) is 0 Å².